The molecule has 3 nitrogen and oxygen atoms in total. The molecule has 0 saturated heterocycles. The van der Waals surface area contributed by atoms with E-state index in [9.17, 15) is 0 Å². The molecule has 0 aromatic heterocycles. The van der Waals surface area contributed by atoms with E-state index in [1.165, 1.54) is 25.7 Å². The summed E-state index contributed by atoms with van der Waals surface area (Å²) in [7, 11) is 0. The van der Waals surface area contributed by atoms with Gasteiger partial charge in [-0.3, -0.25) is 9.74 Å². The van der Waals surface area contributed by atoms with E-state index in [2.05, 4.69) is 32.6 Å². The van der Waals surface area contributed by atoms with Crippen molar-refractivity contribution >= 4 is 0 Å². The third kappa shape index (κ3) is 8.08. The van der Waals surface area contributed by atoms with E-state index in [4.69, 9.17) is 4.84 Å². The van der Waals surface area contributed by atoms with Crippen LogP contribution in [0.25, 0.3) is 0 Å². The van der Waals surface area contributed by atoms with Gasteiger partial charge in [0, 0.05) is 26.2 Å². The predicted molar refractivity (Wildman–Crippen MR) is 70.3 cm³/mol. The Morgan fingerprint density at radius 3 is 1.69 bits per heavy atom. The second kappa shape index (κ2) is 11.4. The van der Waals surface area contributed by atoms with Gasteiger partial charge in [-0.2, -0.15) is 5.06 Å². The number of hydrogen-bond donors (Lipinski definition) is 0. The van der Waals surface area contributed by atoms with Gasteiger partial charge in [-0.1, -0.05) is 40.5 Å². The Bertz CT molecular complexity index is 130. The maximum absolute atomic E-state index is 5.76. The summed E-state index contributed by atoms with van der Waals surface area (Å²) in [5, 5.41) is 2.02. The fourth-order valence-electron chi connectivity index (χ4n) is 1.57. The van der Waals surface area contributed by atoms with Crippen molar-refractivity contribution in [2.24, 2.45) is 0 Å². The largest absolute Gasteiger partial charge is 0.283 e. The fourth-order valence-corrected chi connectivity index (χ4v) is 1.57. The smallest absolute Gasteiger partial charge is 0.121 e. The zero-order chi connectivity index (χ0) is 12.2. The number of hydroxylamine groups is 2. The van der Waals surface area contributed by atoms with Crippen LogP contribution in [-0.2, 0) is 4.84 Å². The van der Waals surface area contributed by atoms with Crippen LogP contribution in [0, 0.1) is 0 Å². The molecule has 0 spiro atoms. The molecule has 0 aromatic carbocycles. The molecule has 0 heterocycles. The molecule has 0 aliphatic carbocycles. The monoisotopic (exact) mass is 230 g/mol. The van der Waals surface area contributed by atoms with Gasteiger partial charge in [0.2, 0.25) is 0 Å². The summed E-state index contributed by atoms with van der Waals surface area (Å²) in [5.74, 6) is 0. The quantitative estimate of drug-likeness (QED) is 0.401. The summed E-state index contributed by atoms with van der Waals surface area (Å²) in [4.78, 5) is 8.18. The molecule has 0 aromatic rings. The molecule has 3 heteroatoms. The molecule has 0 aliphatic rings. The molecule has 16 heavy (non-hydrogen) atoms. The van der Waals surface area contributed by atoms with Crippen LogP contribution < -0.4 is 0 Å². The van der Waals surface area contributed by atoms with E-state index in [0.29, 0.717) is 0 Å². The highest BCUT2D eigenvalue weighted by molar-refractivity contribution is 4.53. The third-order valence-corrected chi connectivity index (χ3v) is 2.78. The van der Waals surface area contributed by atoms with Crippen LogP contribution in [-0.4, -0.2) is 42.9 Å². The van der Waals surface area contributed by atoms with Gasteiger partial charge in [0.25, 0.3) is 0 Å². The summed E-state index contributed by atoms with van der Waals surface area (Å²) in [5.41, 5.74) is 0. The lowest BCUT2D eigenvalue weighted by Crippen LogP contribution is -2.34. The molecule has 0 N–H and O–H groups in total. The standard InChI is InChI=1S/C13H30N2O/c1-5-9-11-14(12-10-6-2)13-16-15(7-3)8-4/h5-13H2,1-4H3. The highest BCUT2D eigenvalue weighted by Gasteiger charge is 2.06. The van der Waals surface area contributed by atoms with E-state index in [-0.39, 0.29) is 0 Å². The van der Waals surface area contributed by atoms with E-state index in [1.54, 1.807) is 0 Å². The van der Waals surface area contributed by atoms with Crippen molar-refractivity contribution in [2.45, 2.75) is 53.4 Å². The van der Waals surface area contributed by atoms with E-state index in [1.807, 2.05) is 5.06 Å². The van der Waals surface area contributed by atoms with Crippen LogP contribution >= 0.6 is 0 Å². The average molecular weight is 230 g/mol. The summed E-state index contributed by atoms with van der Waals surface area (Å²) >= 11 is 0. The molecular weight excluding hydrogens is 200 g/mol. The van der Waals surface area contributed by atoms with Gasteiger partial charge in [0.05, 0.1) is 0 Å². The van der Waals surface area contributed by atoms with Gasteiger partial charge in [-0.25, -0.2) is 0 Å². The minimum Gasteiger partial charge on any atom is -0.283 e. The molecule has 0 radical (unpaired) electrons. The van der Waals surface area contributed by atoms with E-state index in [0.717, 1.165) is 32.9 Å². The minimum absolute atomic E-state index is 0.752. The fraction of sp³-hybridized carbons (Fsp3) is 1.00. The van der Waals surface area contributed by atoms with Crippen LogP contribution in [0.3, 0.4) is 0 Å². The Hall–Kier alpha value is -0.120. The summed E-state index contributed by atoms with van der Waals surface area (Å²) in [6.07, 6.45) is 5.05. The normalized spacial score (nSPS) is 11.6. The van der Waals surface area contributed by atoms with Gasteiger partial charge < -0.3 is 0 Å². The first kappa shape index (κ1) is 15.9. The van der Waals surface area contributed by atoms with Crippen LogP contribution in [0.5, 0.6) is 0 Å². The van der Waals surface area contributed by atoms with Crippen LogP contribution in [0.15, 0.2) is 0 Å². The molecular formula is C13H30N2O. The van der Waals surface area contributed by atoms with Crippen molar-refractivity contribution in [3.05, 3.63) is 0 Å². The lowest BCUT2D eigenvalue weighted by molar-refractivity contribution is -0.186. The third-order valence-electron chi connectivity index (χ3n) is 2.78. The predicted octanol–water partition coefficient (Wildman–Crippen LogP) is 3.12. The maximum Gasteiger partial charge on any atom is 0.121 e. The Kier molecular flexibility index (Phi) is 11.3. The van der Waals surface area contributed by atoms with E-state index < -0.39 is 0 Å². The van der Waals surface area contributed by atoms with Crippen molar-refractivity contribution < 1.29 is 4.84 Å². The van der Waals surface area contributed by atoms with Crippen molar-refractivity contribution in [3.63, 3.8) is 0 Å². The van der Waals surface area contributed by atoms with Gasteiger partial charge >= 0.3 is 0 Å². The Morgan fingerprint density at radius 1 is 0.812 bits per heavy atom. The van der Waals surface area contributed by atoms with Gasteiger partial charge in [-0.05, 0) is 12.8 Å². The number of rotatable bonds is 11. The zero-order valence-electron chi connectivity index (χ0n) is 11.7. The second-order valence-electron chi connectivity index (χ2n) is 4.20. The van der Waals surface area contributed by atoms with E-state index >= 15 is 0 Å². The highest BCUT2D eigenvalue weighted by Crippen LogP contribution is 2.01. The van der Waals surface area contributed by atoms with Gasteiger partial charge in [-0.15, -0.1) is 0 Å². The average Bonchev–Trinajstić information content (AvgIpc) is 2.32. The minimum atomic E-state index is 0.752. The Balaban J connectivity index is 3.79. The number of nitrogens with zero attached hydrogens (tertiary/aromatic N) is 2. The second-order valence-corrected chi connectivity index (χ2v) is 4.20. The topological polar surface area (TPSA) is 15.7 Å². The highest BCUT2D eigenvalue weighted by atomic mass is 16.7. The SMILES string of the molecule is CCCCN(CCCC)CON(CC)CC. The summed E-state index contributed by atoms with van der Waals surface area (Å²) < 4.78 is 0. The zero-order valence-corrected chi connectivity index (χ0v) is 11.7. The molecule has 0 bridgehead atoms. The van der Waals surface area contributed by atoms with Crippen LogP contribution in [0.1, 0.15) is 53.4 Å². The van der Waals surface area contributed by atoms with Crippen molar-refractivity contribution in [1.82, 2.24) is 9.96 Å². The number of unbranched alkanes of at least 4 members (excludes halogenated alkanes) is 2. The van der Waals surface area contributed by atoms with Gasteiger partial charge in [0.1, 0.15) is 6.73 Å². The van der Waals surface area contributed by atoms with Crippen molar-refractivity contribution in [2.75, 3.05) is 32.9 Å². The molecule has 0 atom stereocenters. The molecule has 0 saturated carbocycles. The molecule has 0 fully saturated rings. The Labute approximate surface area is 102 Å². The molecule has 0 aliphatic heterocycles. The Morgan fingerprint density at radius 2 is 1.31 bits per heavy atom. The number of hydrogen-bond acceptors (Lipinski definition) is 3. The maximum atomic E-state index is 5.76. The lowest BCUT2D eigenvalue weighted by atomic mass is 10.3. The molecule has 0 unspecified atom stereocenters. The lowest BCUT2D eigenvalue weighted by Gasteiger charge is -2.25. The van der Waals surface area contributed by atoms with Crippen molar-refractivity contribution in [1.29, 1.82) is 0 Å². The van der Waals surface area contributed by atoms with Gasteiger partial charge in [0.15, 0.2) is 0 Å². The first-order valence-electron chi connectivity index (χ1n) is 6.88. The van der Waals surface area contributed by atoms with Crippen LogP contribution in [0.4, 0.5) is 0 Å². The first-order valence-corrected chi connectivity index (χ1v) is 6.88. The summed E-state index contributed by atoms with van der Waals surface area (Å²) in [6.45, 7) is 13.7. The van der Waals surface area contributed by atoms with Crippen LogP contribution in [0.2, 0.25) is 0 Å². The molecule has 0 amide bonds. The first-order chi connectivity index (χ1) is 7.78. The van der Waals surface area contributed by atoms with Crippen molar-refractivity contribution in [3.8, 4) is 0 Å². The molecule has 0 rings (SSSR count). The summed E-state index contributed by atoms with van der Waals surface area (Å²) in [6, 6.07) is 0. The molecule has 98 valence electrons.